The molecule has 0 aromatic heterocycles. The molecule has 0 saturated carbocycles. The maximum atomic E-state index is 12.3. The standard InChI is InChI=1S/C10H8BrF3O2/c1-5(15)2-7-8(11)3-6(4-9(7)16)10(12,13)14/h3-4,16H,2H2,1H3. The highest BCUT2D eigenvalue weighted by Crippen LogP contribution is 2.36. The van der Waals surface area contributed by atoms with Crippen LogP contribution in [0.2, 0.25) is 0 Å². The Kier molecular flexibility index (Phi) is 3.62. The van der Waals surface area contributed by atoms with Crippen molar-refractivity contribution in [1.29, 1.82) is 0 Å². The van der Waals surface area contributed by atoms with Gasteiger partial charge in [0.2, 0.25) is 0 Å². The lowest BCUT2D eigenvalue weighted by Gasteiger charge is -2.11. The van der Waals surface area contributed by atoms with Gasteiger partial charge in [-0.2, -0.15) is 13.2 Å². The lowest BCUT2D eigenvalue weighted by molar-refractivity contribution is -0.137. The number of rotatable bonds is 2. The van der Waals surface area contributed by atoms with E-state index in [4.69, 9.17) is 0 Å². The molecule has 1 aromatic rings. The number of Topliss-reactive ketones (excluding diaryl/α,β-unsaturated/α-hetero) is 1. The molecule has 0 fully saturated rings. The summed E-state index contributed by atoms with van der Waals surface area (Å²) in [6.45, 7) is 1.30. The predicted octanol–water partition coefficient (Wildman–Crippen LogP) is 3.31. The maximum absolute atomic E-state index is 12.3. The second-order valence-corrected chi connectivity index (χ2v) is 4.19. The van der Waals surface area contributed by atoms with Crippen LogP contribution in [0.3, 0.4) is 0 Å². The number of carbonyl (C=O) groups is 1. The van der Waals surface area contributed by atoms with Gasteiger partial charge in [-0.1, -0.05) is 15.9 Å². The summed E-state index contributed by atoms with van der Waals surface area (Å²) < 4.78 is 37.1. The molecule has 0 spiro atoms. The minimum atomic E-state index is -4.52. The van der Waals surface area contributed by atoms with Crippen molar-refractivity contribution in [3.05, 3.63) is 27.7 Å². The van der Waals surface area contributed by atoms with Crippen molar-refractivity contribution in [3.63, 3.8) is 0 Å². The topological polar surface area (TPSA) is 37.3 Å². The number of ketones is 1. The molecule has 0 aliphatic carbocycles. The molecule has 88 valence electrons. The van der Waals surface area contributed by atoms with Gasteiger partial charge in [-0.25, -0.2) is 0 Å². The molecule has 0 amide bonds. The highest BCUT2D eigenvalue weighted by Gasteiger charge is 2.32. The molecule has 0 saturated heterocycles. The fourth-order valence-electron chi connectivity index (χ4n) is 1.21. The van der Waals surface area contributed by atoms with E-state index >= 15 is 0 Å². The molecule has 16 heavy (non-hydrogen) atoms. The molecule has 1 aromatic carbocycles. The predicted molar refractivity (Wildman–Crippen MR) is 55.2 cm³/mol. The van der Waals surface area contributed by atoms with Crippen LogP contribution in [0.15, 0.2) is 16.6 Å². The molecule has 0 bridgehead atoms. The van der Waals surface area contributed by atoms with Crippen LogP contribution in [0.1, 0.15) is 18.1 Å². The fourth-order valence-corrected chi connectivity index (χ4v) is 1.80. The first-order chi connectivity index (χ1) is 7.21. The van der Waals surface area contributed by atoms with Gasteiger partial charge in [0, 0.05) is 16.5 Å². The number of aromatic hydroxyl groups is 1. The summed E-state index contributed by atoms with van der Waals surface area (Å²) >= 11 is 2.91. The molecule has 0 aliphatic rings. The van der Waals surface area contributed by atoms with Crippen molar-refractivity contribution in [1.82, 2.24) is 0 Å². The van der Waals surface area contributed by atoms with Crippen molar-refractivity contribution in [2.45, 2.75) is 19.5 Å². The Hall–Kier alpha value is -1.04. The van der Waals surface area contributed by atoms with E-state index < -0.39 is 17.5 Å². The number of phenols is 1. The summed E-state index contributed by atoms with van der Waals surface area (Å²) in [7, 11) is 0. The van der Waals surface area contributed by atoms with Gasteiger partial charge in [0.1, 0.15) is 11.5 Å². The fraction of sp³-hybridized carbons (Fsp3) is 0.300. The number of carbonyl (C=O) groups excluding carboxylic acids is 1. The van der Waals surface area contributed by atoms with Gasteiger partial charge in [0.25, 0.3) is 0 Å². The Morgan fingerprint density at radius 1 is 1.44 bits per heavy atom. The van der Waals surface area contributed by atoms with E-state index in [0.29, 0.717) is 6.07 Å². The zero-order chi connectivity index (χ0) is 12.5. The smallest absolute Gasteiger partial charge is 0.416 e. The summed E-state index contributed by atoms with van der Waals surface area (Å²) in [4.78, 5) is 10.8. The van der Waals surface area contributed by atoms with Gasteiger partial charge in [-0.3, -0.25) is 4.79 Å². The second-order valence-electron chi connectivity index (χ2n) is 3.33. The van der Waals surface area contributed by atoms with Gasteiger partial charge < -0.3 is 5.11 Å². The lowest BCUT2D eigenvalue weighted by Crippen LogP contribution is -2.06. The molecule has 0 aliphatic heterocycles. The van der Waals surface area contributed by atoms with E-state index in [0.717, 1.165) is 6.07 Å². The lowest BCUT2D eigenvalue weighted by atomic mass is 10.1. The van der Waals surface area contributed by atoms with Crippen LogP contribution in [0.4, 0.5) is 13.2 Å². The largest absolute Gasteiger partial charge is 0.508 e. The van der Waals surface area contributed by atoms with E-state index in [-0.39, 0.29) is 22.2 Å². The van der Waals surface area contributed by atoms with Gasteiger partial charge in [-0.15, -0.1) is 0 Å². The Balaban J connectivity index is 3.23. The third-order valence-corrected chi connectivity index (χ3v) is 2.63. The second kappa shape index (κ2) is 4.45. The SMILES string of the molecule is CC(=O)Cc1c(O)cc(C(F)(F)F)cc1Br. The van der Waals surface area contributed by atoms with Crippen LogP contribution in [-0.2, 0) is 17.4 Å². The van der Waals surface area contributed by atoms with Gasteiger partial charge in [-0.05, 0) is 19.1 Å². The molecule has 1 rings (SSSR count). The van der Waals surface area contributed by atoms with Gasteiger partial charge in [0.05, 0.1) is 5.56 Å². The van der Waals surface area contributed by atoms with E-state index in [1.165, 1.54) is 6.92 Å². The van der Waals surface area contributed by atoms with Crippen molar-refractivity contribution < 1.29 is 23.1 Å². The monoisotopic (exact) mass is 296 g/mol. The number of hydrogen-bond donors (Lipinski definition) is 1. The summed E-state index contributed by atoms with van der Waals surface area (Å²) in [6.07, 6.45) is -4.63. The van der Waals surface area contributed by atoms with Crippen LogP contribution in [0.5, 0.6) is 5.75 Å². The number of phenolic OH excluding ortho intramolecular Hbond substituents is 1. The normalized spacial score (nSPS) is 11.6. The third kappa shape index (κ3) is 2.98. The minimum Gasteiger partial charge on any atom is -0.508 e. The number of alkyl halides is 3. The first-order valence-electron chi connectivity index (χ1n) is 4.30. The van der Waals surface area contributed by atoms with E-state index in [1.807, 2.05) is 0 Å². The van der Waals surface area contributed by atoms with Crippen LogP contribution < -0.4 is 0 Å². The summed E-state index contributed by atoms with van der Waals surface area (Å²) in [5.74, 6) is -0.771. The molecule has 2 nitrogen and oxygen atoms in total. The van der Waals surface area contributed by atoms with E-state index in [9.17, 15) is 23.1 Å². The van der Waals surface area contributed by atoms with Crippen LogP contribution >= 0.6 is 15.9 Å². The quantitative estimate of drug-likeness (QED) is 0.909. The van der Waals surface area contributed by atoms with Gasteiger partial charge in [0.15, 0.2) is 0 Å². The Labute approximate surface area is 98.2 Å². The maximum Gasteiger partial charge on any atom is 0.416 e. The number of hydrogen-bond acceptors (Lipinski definition) is 2. The highest BCUT2D eigenvalue weighted by atomic mass is 79.9. The zero-order valence-corrected chi connectivity index (χ0v) is 9.82. The van der Waals surface area contributed by atoms with Crippen LogP contribution in [0.25, 0.3) is 0 Å². The molecule has 0 heterocycles. The van der Waals surface area contributed by atoms with E-state index in [1.54, 1.807) is 0 Å². The highest BCUT2D eigenvalue weighted by molar-refractivity contribution is 9.10. The molecule has 0 radical (unpaired) electrons. The Morgan fingerprint density at radius 3 is 2.38 bits per heavy atom. The van der Waals surface area contributed by atoms with Crippen molar-refractivity contribution in [2.75, 3.05) is 0 Å². The molecule has 0 unspecified atom stereocenters. The molecule has 6 heteroatoms. The third-order valence-electron chi connectivity index (χ3n) is 1.92. The summed E-state index contributed by atoms with van der Waals surface area (Å²) in [5, 5.41) is 9.40. The van der Waals surface area contributed by atoms with E-state index in [2.05, 4.69) is 15.9 Å². The summed E-state index contributed by atoms with van der Waals surface area (Å²) in [5.41, 5.74) is -0.787. The average Bonchev–Trinajstić information content (AvgIpc) is 2.09. The summed E-state index contributed by atoms with van der Waals surface area (Å²) in [6, 6.07) is 1.46. The molecule has 1 N–H and O–H groups in total. The van der Waals surface area contributed by atoms with Crippen molar-refractivity contribution in [2.24, 2.45) is 0 Å². The number of halogens is 4. The molecular formula is C10H8BrF3O2. The Bertz CT molecular complexity index is 404. The van der Waals surface area contributed by atoms with Gasteiger partial charge >= 0.3 is 6.18 Å². The van der Waals surface area contributed by atoms with Crippen molar-refractivity contribution in [3.8, 4) is 5.75 Å². The number of benzene rings is 1. The first-order valence-corrected chi connectivity index (χ1v) is 5.09. The average molecular weight is 297 g/mol. The van der Waals surface area contributed by atoms with Crippen molar-refractivity contribution >= 4 is 21.7 Å². The van der Waals surface area contributed by atoms with Crippen LogP contribution in [0, 0.1) is 0 Å². The Morgan fingerprint density at radius 2 is 2.00 bits per heavy atom. The zero-order valence-electron chi connectivity index (χ0n) is 8.23. The first kappa shape index (κ1) is 13.0. The molecule has 0 atom stereocenters. The molecular weight excluding hydrogens is 289 g/mol. The minimum absolute atomic E-state index is 0.0787. The van der Waals surface area contributed by atoms with Crippen LogP contribution in [-0.4, -0.2) is 10.9 Å².